The number of imide groups is 2. The molecule has 0 aromatic carbocycles. The van der Waals surface area contributed by atoms with Gasteiger partial charge >= 0.3 is 12.1 Å². The molecule has 0 aromatic heterocycles. The Hall–Kier alpha value is -2.20. The van der Waals surface area contributed by atoms with E-state index >= 15 is 0 Å². The Bertz CT molecular complexity index is 793. The van der Waals surface area contributed by atoms with Crippen LogP contribution in [0.1, 0.15) is 99.3 Å². The molecule has 0 spiro atoms. The van der Waals surface area contributed by atoms with Crippen LogP contribution in [0.4, 0.5) is 9.59 Å². The van der Waals surface area contributed by atoms with Crippen molar-refractivity contribution in [1.82, 2.24) is 19.6 Å². The molecular weight excluding hydrogens is 500 g/mol. The van der Waals surface area contributed by atoms with Crippen LogP contribution in [0.25, 0.3) is 0 Å². The van der Waals surface area contributed by atoms with Gasteiger partial charge in [0.15, 0.2) is 0 Å². The van der Waals surface area contributed by atoms with Gasteiger partial charge in [0.1, 0.15) is 13.1 Å². The first kappa shape index (κ1) is 33.0. The van der Waals surface area contributed by atoms with Crippen molar-refractivity contribution in [3.8, 4) is 0 Å². The second-order valence-corrected chi connectivity index (χ2v) is 12.9. The van der Waals surface area contributed by atoms with E-state index in [1.807, 2.05) is 41.5 Å². The number of carbonyl (C=O) groups is 4. The average molecular weight is 553 g/mol. The first-order valence-electron chi connectivity index (χ1n) is 14.7. The predicted molar refractivity (Wildman–Crippen MR) is 150 cm³/mol. The van der Waals surface area contributed by atoms with E-state index in [9.17, 15) is 29.4 Å². The third-order valence-electron chi connectivity index (χ3n) is 8.05. The number of urea groups is 2. The minimum atomic E-state index is -0.434. The van der Waals surface area contributed by atoms with Gasteiger partial charge < -0.3 is 20.0 Å². The molecule has 2 aliphatic rings. The van der Waals surface area contributed by atoms with Crippen LogP contribution >= 0.6 is 0 Å². The first-order valence-corrected chi connectivity index (χ1v) is 14.7. The van der Waals surface area contributed by atoms with Gasteiger partial charge in [-0.25, -0.2) is 9.59 Å². The molecule has 224 valence electrons. The average Bonchev–Trinajstić information content (AvgIpc) is 3.27. The smallest absolute Gasteiger partial charge is 0.327 e. The molecule has 2 fully saturated rings. The Morgan fingerprint density at radius 1 is 0.641 bits per heavy atom. The van der Waals surface area contributed by atoms with E-state index in [2.05, 4.69) is 0 Å². The topological polar surface area (TPSA) is 122 Å². The van der Waals surface area contributed by atoms with Gasteiger partial charge in [-0.3, -0.25) is 19.4 Å². The quantitative estimate of drug-likeness (QED) is 0.249. The fourth-order valence-electron chi connectivity index (χ4n) is 5.52. The molecule has 6 amide bonds. The molecule has 10 heteroatoms. The monoisotopic (exact) mass is 552 g/mol. The maximum atomic E-state index is 12.4. The predicted octanol–water partition coefficient (Wildman–Crippen LogP) is 3.84. The van der Waals surface area contributed by atoms with Gasteiger partial charge in [-0.15, -0.1) is 0 Å². The molecule has 10 nitrogen and oxygen atoms in total. The Morgan fingerprint density at radius 3 is 1.28 bits per heavy atom. The second-order valence-electron chi connectivity index (χ2n) is 12.9. The molecule has 0 bridgehead atoms. The van der Waals surface area contributed by atoms with Gasteiger partial charge in [0, 0.05) is 26.2 Å². The SMILES string of the molecule is CCN1CC(=O)N(CC(C)(C)CCCC(O)CCCC(O)CCCC(C)(C)CN2C(=O)CN(CC)C2=O)C1=O. The fourth-order valence-corrected chi connectivity index (χ4v) is 5.52. The molecule has 2 aliphatic heterocycles. The van der Waals surface area contributed by atoms with E-state index in [1.165, 1.54) is 9.80 Å². The fraction of sp³-hybridized carbons (Fsp3) is 0.862. The van der Waals surface area contributed by atoms with Crippen LogP contribution in [-0.4, -0.2) is 105 Å². The molecule has 0 aliphatic carbocycles. The molecule has 0 radical (unpaired) electrons. The summed E-state index contributed by atoms with van der Waals surface area (Å²) in [6, 6.07) is -0.421. The lowest BCUT2D eigenvalue weighted by Gasteiger charge is -2.29. The van der Waals surface area contributed by atoms with E-state index in [4.69, 9.17) is 0 Å². The van der Waals surface area contributed by atoms with Crippen molar-refractivity contribution in [2.24, 2.45) is 10.8 Å². The molecule has 2 atom stereocenters. The molecule has 2 heterocycles. The summed E-state index contributed by atoms with van der Waals surface area (Å²) < 4.78 is 0. The van der Waals surface area contributed by atoms with E-state index in [0.29, 0.717) is 51.9 Å². The third kappa shape index (κ3) is 10.0. The van der Waals surface area contributed by atoms with Crippen molar-refractivity contribution >= 4 is 23.9 Å². The van der Waals surface area contributed by atoms with Crippen LogP contribution in [-0.2, 0) is 9.59 Å². The van der Waals surface area contributed by atoms with Gasteiger partial charge in [-0.2, -0.15) is 0 Å². The van der Waals surface area contributed by atoms with Crippen molar-refractivity contribution in [3.05, 3.63) is 0 Å². The number of aliphatic hydroxyl groups is 2. The number of nitrogens with zero attached hydrogens (tertiary/aromatic N) is 4. The number of hydrogen-bond donors (Lipinski definition) is 2. The highest BCUT2D eigenvalue weighted by Crippen LogP contribution is 2.29. The summed E-state index contributed by atoms with van der Waals surface area (Å²) >= 11 is 0. The molecular formula is C29H52N4O6. The lowest BCUT2D eigenvalue weighted by molar-refractivity contribution is -0.127. The maximum absolute atomic E-state index is 12.4. The lowest BCUT2D eigenvalue weighted by atomic mass is 9.85. The summed E-state index contributed by atoms with van der Waals surface area (Å²) in [4.78, 5) is 54.9. The standard InChI is InChI=1S/C29H52N4O6/c1-7-30-18-24(36)32(26(30)38)20-28(3,4)16-10-14-22(34)12-9-13-23(35)15-11-17-29(5,6)21-33-25(37)19-31(8-2)27(33)39/h22-23,34-35H,7-21H2,1-6H3. The van der Waals surface area contributed by atoms with Gasteiger partial charge in [0.25, 0.3) is 0 Å². The highest BCUT2D eigenvalue weighted by Gasteiger charge is 2.39. The Labute approximate surface area is 234 Å². The molecule has 2 unspecified atom stereocenters. The zero-order valence-electron chi connectivity index (χ0n) is 25.1. The zero-order chi connectivity index (χ0) is 29.4. The normalized spacial score (nSPS) is 18.7. The number of carbonyl (C=O) groups excluding carboxylic acids is 4. The minimum Gasteiger partial charge on any atom is -0.393 e. The van der Waals surface area contributed by atoms with Crippen LogP contribution in [0.3, 0.4) is 0 Å². The highest BCUT2D eigenvalue weighted by atomic mass is 16.3. The zero-order valence-corrected chi connectivity index (χ0v) is 25.1. The Kier molecular flexibility index (Phi) is 12.2. The Balaban J connectivity index is 1.59. The van der Waals surface area contributed by atoms with Crippen LogP contribution in [0.5, 0.6) is 0 Å². The highest BCUT2D eigenvalue weighted by molar-refractivity contribution is 6.02. The molecule has 0 aromatic rings. The lowest BCUT2D eigenvalue weighted by Crippen LogP contribution is -2.39. The molecule has 2 N–H and O–H groups in total. The van der Waals surface area contributed by atoms with Crippen molar-refractivity contribution in [3.63, 3.8) is 0 Å². The first-order chi connectivity index (χ1) is 18.2. The van der Waals surface area contributed by atoms with Crippen LogP contribution in [0.2, 0.25) is 0 Å². The number of aliphatic hydroxyl groups excluding tert-OH is 2. The maximum Gasteiger partial charge on any atom is 0.327 e. The van der Waals surface area contributed by atoms with Crippen molar-refractivity contribution < 1.29 is 29.4 Å². The summed E-state index contributed by atoms with van der Waals surface area (Å²) in [7, 11) is 0. The number of rotatable bonds is 18. The molecule has 0 saturated carbocycles. The minimum absolute atomic E-state index is 0.141. The summed E-state index contributed by atoms with van der Waals surface area (Å²) in [6.07, 6.45) is 5.65. The van der Waals surface area contributed by atoms with Gasteiger partial charge in [-0.1, -0.05) is 40.5 Å². The van der Waals surface area contributed by atoms with Gasteiger partial charge in [0.2, 0.25) is 11.8 Å². The molecule has 2 rings (SSSR count). The number of hydrogen-bond acceptors (Lipinski definition) is 6. The van der Waals surface area contributed by atoms with Crippen LogP contribution in [0.15, 0.2) is 0 Å². The molecule has 2 saturated heterocycles. The van der Waals surface area contributed by atoms with Crippen LogP contribution < -0.4 is 0 Å². The summed E-state index contributed by atoms with van der Waals surface area (Å²) in [5.41, 5.74) is -0.438. The Morgan fingerprint density at radius 2 is 0.974 bits per heavy atom. The van der Waals surface area contributed by atoms with Crippen molar-refractivity contribution in [2.45, 2.75) is 112 Å². The second kappa shape index (κ2) is 14.4. The van der Waals surface area contributed by atoms with E-state index in [0.717, 1.165) is 32.1 Å². The van der Waals surface area contributed by atoms with E-state index in [1.54, 1.807) is 9.80 Å². The van der Waals surface area contributed by atoms with E-state index < -0.39 is 12.2 Å². The third-order valence-corrected chi connectivity index (χ3v) is 8.05. The largest absolute Gasteiger partial charge is 0.393 e. The summed E-state index contributed by atoms with van der Waals surface area (Å²) in [5, 5.41) is 20.8. The van der Waals surface area contributed by atoms with Crippen molar-refractivity contribution in [1.29, 1.82) is 0 Å². The summed E-state index contributed by atoms with van der Waals surface area (Å²) in [6.45, 7) is 14.1. The van der Waals surface area contributed by atoms with Crippen LogP contribution in [0, 0.1) is 10.8 Å². The van der Waals surface area contributed by atoms with Crippen molar-refractivity contribution in [2.75, 3.05) is 39.3 Å². The number of amides is 6. The molecule has 39 heavy (non-hydrogen) atoms. The van der Waals surface area contributed by atoms with Gasteiger partial charge in [-0.05, 0) is 69.6 Å². The summed E-state index contributed by atoms with van der Waals surface area (Å²) in [5.74, 6) is -0.283. The number of likely N-dealkylation sites (N-methyl/N-ethyl adjacent to an activating group) is 2. The van der Waals surface area contributed by atoms with Gasteiger partial charge in [0.05, 0.1) is 12.2 Å². The van der Waals surface area contributed by atoms with E-state index in [-0.39, 0.29) is 47.8 Å².